The molecule has 14 aromatic rings. The Morgan fingerprint density at radius 1 is 0.353 bits per heavy atom. The summed E-state index contributed by atoms with van der Waals surface area (Å²) in [6, 6.07) is 66.3. The second-order valence-corrected chi connectivity index (χ2v) is 35.1. The minimum Gasteiger partial charge on any atom is -0.494 e. The highest BCUT2D eigenvalue weighted by Crippen LogP contribution is 2.37. The number of benzene rings is 8. The number of carbonyl (C=O) groups is 4. The van der Waals surface area contributed by atoms with Crippen molar-refractivity contribution >= 4 is 56.5 Å². The number of Topliss-reactive ketones (excluding diaryl/α,β-unsaturated/α-hetero) is 4. The van der Waals surface area contributed by atoms with Gasteiger partial charge in [0, 0.05) is 74.9 Å². The molecule has 1 aliphatic carbocycles. The second kappa shape index (κ2) is 45.0. The van der Waals surface area contributed by atoms with E-state index in [1.165, 1.54) is 27.2 Å². The molecule has 8 aromatic carbocycles. The van der Waals surface area contributed by atoms with Crippen LogP contribution in [0, 0.1) is 0 Å². The van der Waals surface area contributed by atoms with Crippen LogP contribution in [0.3, 0.4) is 0 Å². The van der Waals surface area contributed by atoms with Crippen LogP contribution in [0.15, 0.2) is 213 Å². The normalized spacial score (nSPS) is 12.3. The van der Waals surface area contributed by atoms with Gasteiger partial charge in [-0.25, -0.2) is 0 Å². The Morgan fingerprint density at radius 2 is 0.699 bits per heavy atom. The molecule has 27 heteroatoms. The average Bonchev–Trinajstić information content (AvgIpc) is 1.64. The first-order valence-electron chi connectivity index (χ1n) is 45.4. The highest BCUT2D eigenvalue weighted by molar-refractivity contribution is 6.31. The Hall–Kier alpha value is -12.9. The topological polar surface area (TPSA) is 268 Å². The SMILES string of the molecule is CC(=O)C(C)(C)OCc1cc(-c2ccc3c(cnn3C)c2)n(Cc2ccccc2Cl)n1.CCOc1cc(OCC)cc(-c2cc(COC(C)(C)C(C)=O)nn2Cc2ccccc2OCC)c1.CCOc1ccccc1Cn1nc(COC(C)(C)C(C)=O)cc1-c1ccc2cnn(C)c2c1.CCOc1ccccc1Cn1nc(COC(C)(C)C(C)=O)cc1-c1cccc(OC2CCC2)c1. The van der Waals surface area contributed by atoms with Gasteiger partial charge in [0.25, 0.3) is 0 Å². The monoisotopic (exact) mass is 1820 g/mol. The Kier molecular flexibility index (Phi) is 33.6. The number of hydrogen-bond donors (Lipinski definition) is 0. The molecule has 0 radical (unpaired) electrons. The van der Waals surface area contributed by atoms with E-state index in [9.17, 15) is 19.2 Å². The minimum atomic E-state index is -0.886. The zero-order valence-corrected chi connectivity index (χ0v) is 80.8. The smallest absolute Gasteiger partial charge is 0.161 e. The van der Waals surface area contributed by atoms with E-state index in [1.54, 1.807) is 62.3 Å². The standard InChI is InChI=1S/C28H36N2O5.C28H34N2O4.C26H30N4O3.C24H25ClN4O2/c1-7-32-24-14-22(15-25(17-24)33-8-2)26-16-23(19-35-28(5,6)20(4)31)29-30(26)18-21-12-10-11-13-27(21)34-9-3;1-5-32-27-15-7-6-10-22(27)18-30-26(17-23(29-30)19-33-28(3,4)20(2)31)21-11-8-14-25(16-21)34-24-12-9-13-24;1-6-32-25-10-8-7-9-21(25)16-30-24(14-22(28-30)17-33-26(3,4)18(2)31)19-11-12-20-15-27-29(5)23(20)13-19;1-16(30)24(2,3)31-15-20-12-23(17-9-10-22-19(11-17)13-26-28(22)4)29(27-20)14-18-7-5-6-8-21(18)25/h10-17H,7-9,18-19H2,1-6H3;6-8,10-11,14-17,24H,5,9,12-13,18-19H2,1-4H3;7-15H,6,16-17H2,1-5H3;5-13H,14-15H2,1-4H3. The number of rotatable bonds is 40. The summed E-state index contributed by atoms with van der Waals surface area (Å²) in [6.45, 7) is 36.1. The maximum atomic E-state index is 11.9. The van der Waals surface area contributed by atoms with E-state index >= 15 is 0 Å². The van der Waals surface area contributed by atoms with E-state index in [-0.39, 0.29) is 49.6 Å². The highest BCUT2D eigenvalue weighted by atomic mass is 35.5. The molecule has 0 amide bonds. The lowest BCUT2D eigenvalue weighted by molar-refractivity contribution is -0.140. The maximum Gasteiger partial charge on any atom is 0.161 e. The molecular formula is C106H125ClN12O14. The molecule has 0 aliphatic heterocycles. The predicted molar refractivity (Wildman–Crippen MR) is 519 cm³/mol. The summed E-state index contributed by atoms with van der Waals surface area (Å²) < 4.78 is 70.4. The summed E-state index contributed by atoms with van der Waals surface area (Å²) in [5, 5.41) is 30.8. The van der Waals surface area contributed by atoms with E-state index in [0.29, 0.717) is 70.3 Å². The van der Waals surface area contributed by atoms with E-state index < -0.39 is 22.4 Å². The largest absolute Gasteiger partial charge is 0.494 e. The fraction of sp³-hybridized carbons (Fsp3) is 0.377. The van der Waals surface area contributed by atoms with Gasteiger partial charge in [-0.1, -0.05) is 115 Å². The van der Waals surface area contributed by atoms with Crippen molar-refractivity contribution in [3.05, 3.63) is 263 Å². The lowest BCUT2D eigenvalue weighted by Crippen LogP contribution is -2.32. The number of halogens is 1. The number of carbonyl (C=O) groups excluding carboxylic acids is 4. The molecule has 26 nitrogen and oxygen atoms in total. The van der Waals surface area contributed by atoms with Gasteiger partial charge in [-0.05, 0) is 234 Å². The first-order chi connectivity index (χ1) is 63.6. The summed E-state index contributed by atoms with van der Waals surface area (Å²) in [5.41, 5.74) is 13.5. The van der Waals surface area contributed by atoms with Gasteiger partial charge < -0.3 is 47.4 Å². The fourth-order valence-corrected chi connectivity index (χ4v) is 14.5. The van der Waals surface area contributed by atoms with Crippen LogP contribution in [-0.2, 0) is 105 Å². The molecule has 0 saturated heterocycles. The zero-order chi connectivity index (χ0) is 95.3. The summed E-state index contributed by atoms with van der Waals surface area (Å²) >= 11 is 6.40. The highest BCUT2D eigenvalue weighted by Gasteiger charge is 2.31. The molecule has 15 rings (SSSR count). The summed E-state index contributed by atoms with van der Waals surface area (Å²) in [4.78, 5) is 47.5. The number of aromatic nitrogens is 12. The average molecular weight is 1830 g/mol. The number of ketones is 4. The summed E-state index contributed by atoms with van der Waals surface area (Å²) in [7, 11) is 3.86. The molecule has 6 heterocycles. The predicted octanol–water partition coefficient (Wildman–Crippen LogP) is 21.3. The van der Waals surface area contributed by atoms with Crippen LogP contribution in [-0.4, -0.2) is 143 Å². The number of aryl methyl sites for hydroxylation is 2. The maximum absolute atomic E-state index is 11.9. The van der Waals surface area contributed by atoms with E-state index in [0.717, 1.165) is 159 Å². The molecule has 133 heavy (non-hydrogen) atoms. The molecule has 1 saturated carbocycles. The Morgan fingerprint density at radius 3 is 1.09 bits per heavy atom. The second-order valence-electron chi connectivity index (χ2n) is 34.7. The number of nitrogens with zero attached hydrogens (tertiary/aromatic N) is 12. The van der Waals surface area contributed by atoms with Crippen LogP contribution < -0.4 is 28.4 Å². The van der Waals surface area contributed by atoms with Gasteiger partial charge in [0.1, 0.15) is 56.9 Å². The third-order valence-electron chi connectivity index (χ3n) is 23.5. The van der Waals surface area contributed by atoms with Gasteiger partial charge in [0.2, 0.25) is 0 Å². The number of hydrogen-bond acceptors (Lipinski definition) is 20. The molecule has 0 atom stereocenters. The van der Waals surface area contributed by atoms with Crippen LogP contribution in [0.5, 0.6) is 34.5 Å². The summed E-state index contributed by atoms with van der Waals surface area (Å²) in [5.74, 6) is 4.76. The van der Waals surface area contributed by atoms with Gasteiger partial charge in [-0.2, -0.15) is 30.6 Å². The van der Waals surface area contributed by atoms with Crippen molar-refractivity contribution in [2.24, 2.45) is 14.1 Å². The van der Waals surface area contributed by atoms with Crippen LogP contribution in [0.4, 0.5) is 0 Å². The van der Waals surface area contributed by atoms with Crippen molar-refractivity contribution in [2.45, 2.75) is 218 Å². The number of fused-ring (bicyclic) bond motifs is 2. The van der Waals surface area contributed by atoms with E-state index in [2.05, 4.69) is 70.9 Å². The molecule has 0 unspecified atom stereocenters. The Bertz CT molecular complexity index is 6300. The number of para-hydroxylation sites is 3. The Labute approximate surface area is 784 Å². The van der Waals surface area contributed by atoms with Crippen molar-refractivity contribution < 1.29 is 66.5 Å². The van der Waals surface area contributed by atoms with Crippen molar-refractivity contribution in [1.82, 2.24) is 58.7 Å². The third kappa shape index (κ3) is 26.1. The molecule has 0 bridgehead atoms. The molecule has 0 spiro atoms. The fourth-order valence-electron chi connectivity index (χ4n) is 14.3. The van der Waals surface area contributed by atoms with Gasteiger partial charge in [0.15, 0.2) is 23.1 Å². The van der Waals surface area contributed by atoms with Gasteiger partial charge in [-0.3, -0.25) is 47.3 Å². The first-order valence-corrected chi connectivity index (χ1v) is 45.8. The van der Waals surface area contributed by atoms with Crippen molar-refractivity contribution in [3.8, 4) is 79.5 Å². The van der Waals surface area contributed by atoms with Crippen LogP contribution in [0.25, 0.3) is 66.8 Å². The Balaban J connectivity index is 0.000000160. The van der Waals surface area contributed by atoms with Gasteiger partial charge in [-0.15, -0.1) is 0 Å². The summed E-state index contributed by atoms with van der Waals surface area (Å²) in [6.07, 6.45) is 7.49. The van der Waals surface area contributed by atoms with Crippen molar-refractivity contribution in [2.75, 3.05) is 33.0 Å². The van der Waals surface area contributed by atoms with Crippen molar-refractivity contribution in [1.29, 1.82) is 0 Å². The molecule has 1 fully saturated rings. The molecule has 700 valence electrons. The zero-order valence-electron chi connectivity index (χ0n) is 80.1. The van der Waals surface area contributed by atoms with Gasteiger partial charge >= 0.3 is 0 Å². The van der Waals surface area contributed by atoms with Gasteiger partial charge in [0.05, 0.1) is 161 Å². The molecular weight excluding hydrogens is 1700 g/mol. The third-order valence-corrected chi connectivity index (χ3v) is 23.8. The number of ether oxygens (including phenoxy) is 10. The van der Waals surface area contributed by atoms with Crippen LogP contribution in [0.2, 0.25) is 5.02 Å². The lowest BCUT2D eigenvalue weighted by Gasteiger charge is -2.26. The van der Waals surface area contributed by atoms with Crippen LogP contribution in [0.1, 0.15) is 182 Å². The lowest BCUT2D eigenvalue weighted by atomic mass is 9.96. The van der Waals surface area contributed by atoms with E-state index in [1.807, 2.05) is 229 Å². The van der Waals surface area contributed by atoms with E-state index in [4.69, 9.17) is 79.4 Å². The first kappa shape index (κ1) is 99.2. The molecule has 1 aliphatic rings. The molecule has 6 aromatic heterocycles. The quantitative estimate of drug-likeness (QED) is 0.0345. The molecule has 0 N–H and O–H groups in total. The minimum absolute atomic E-state index is 0.0151. The van der Waals surface area contributed by atoms with Crippen molar-refractivity contribution in [3.63, 3.8) is 0 Å². The van der Waals surface area contributed by atoms with Crippen LogP contribution >= 0.6 is 11.6 Å².